The summed E-state index contributed by atoms with van der Waals surface area (Å²) in [4.78, 5) is 11.8. The predicted molar refractivity (Wildman–Crippen MR) is 90.7 cm³/mol. The molecule has 0 spiro atoms. The van der Waals surface area contributed by atoms with Crippen molar-refractivity contribution >= 4 is 15.9 Å². The number of ketones is 1. The molecule has 0 saturated carbocycles. The van der Waals surface area contributed by atoms with Gasteiger partial charge in [0.1, 0.15) is 23.0 Å². The molecule has 1 aliphatic rings. The summed E-state index contributed by atoms with van der Waals surface area (Å²) >= 11 is 0. The third-order valence-electron chi connectivity index (χ3n) is 3.90. The van der Waals surface area contributed by atoms with Crippen molar-refractivity contribution in [2.24, 2.45) is 0 Å². The highest BCUT2D eigenvalue weighted by molar-refractivity contribution is 7.87. The molecule has 2 aromatic carbocycles. The van der Waals surface area contributed by atoms with Gasteiger partial charge in [0.05, 0.1) is 6.61 Å². The Kier molecular flexibility index (Phi) is 5.06. The molecule has 0 aliphatic heterocycles. The summed E-state index contributed by atoms with van der Waals surface area (Å²) in [7, 11) is -2.41. The zero-order valence-corrected chi connectivity index (χ0v) is 14.5. The molecule has 7 heteroatoms. The number of benzene rings is 2. The van der Waals surface area contributed by atoms with Crippen LogP contribution in [0.2, 0.25) is 0 Å². The molecule has 0 N–H and O–H groups in total. The van der Waals surface area contributed by atoms with Crippen molar-refractivity contribution in [1.29, 1.82) is 0 Å². The van der Waals surface area contributed by atoms with Crippen LogP contribution in [-0.4, -0.2) is 34.5 Å². The zero-order chi connectivity index (χ0) is 17.9. The first-order valence-corrected chi connectivity index (χ1v) is 9.23. The van der Waals surface area contributed by atoms with Crippen LogP contribution in [0.25, 0.3) is 0 Å². The molecule has 2 aromatic rings. The number of ether oxygens (including phenoxy) is 2. The van der Waals surface area contributed by atoms with Crippen molar-refractivity contribution < 1.29 is 26.9 Å². The maximum atomic E-state index is 12.5. The Morgan fingerprint density at radius 3 is 2.48 bits per heavy atom. The molecular formula is C18H18O6S. The van der Waals surface area contributed by atoms with E-state index in [0.717, 1.165) is 0 Å². The lowest BCUT2D eigenvalue weighted by Crippen LogP contribution is -2.11. The maximum Gasteiger partial charge on any atom is 0.339 e. The normalized spacial score (nSPS) is 13.6. The van der Waals surface area contributed by atoms with E-state index in [9.17, 15) is 13.2 Å². The molecule has 0 amide bonds. The monoisotopic (exact) mass is 362 g/mol. The predicted octanol–water partition coefficient (Wildman–Crippen LogP) is 2.61. The van der Waals surface area contributed by atoms with E-state index >= 15 is 0 Å². The Bertz CT molecular complexity index is 871. The average molecular weight is 362 g/mol. The number of hydrogen-bond donors (Lipinski definition) is 0. The van der Waals surface area contributed by atoms with Gasteiger partial charge in [-0.05, 0) is 36.8 Å². The SMILES string of the molecule is COCCOc1ccc(S(=O)(=O)Oc2cccc3c2CCC3=O)cc1. The maximum absolute atomic E-state index is 12.5. The second-order valence-electron chi connectivity index (χ2n) is 5.56. The Morgan fingerprint density at radius 2 is 1.76 bits per heavy atom. The molecule has 0 radical (unpaired) electrons. The summed E-state index contributed by atoms with van der Waals surface area (Å²) in [5.74, 6) is 0.765. The van der Waals surface area contributed by atoms with Gasteiger partial charge in [-0.2, -0.15) is 8.42 Å². The summed E-state index contributed by atoms with van der Waals surface area (Å²) in [6.07, 6.45) is 0.870. The van der Waals surface area contributed by atoms with E-state index in [4.69, 9.17) is 13.7 Å². The van der Waals surface area contributed by atoms with Crippen molar-refractivity contribution in [3.8, 4) is 11.5 Å². The van der Waals surface area contributed by atoms with E-state index in [-0.39, 0.29) is 16.4 Å². The number of carbonyl (C=O) groups is 1. The molecule has 0 unspecified atom stereocenters. The van der Waals surface area contributed by atoms with Gasteiger partial charge in [0.2, 0.25) is 0 Å². The second kappa shape index (κ2) is 7.25. The van der Waals surface area contributed by atoms with Crippen LogP contribution in [-0.2, 0) is 21.3 Å². The Balaban J connectivity index is 1.78. The van der Waals surface area contributed by atoms with Gasteiger partial charge in [0, 0.05) is 24.7 Å². The lowest BCUT2D eigenvalue weighted by atomic mass is 10.1. The second-order valence-corrected chi connectivity index (χ2v) is 7.10. The minimum absolute atomic E-state index is 0.00964. The van der Waals surface area contributed by atoms with Crippen molar-refractivity contribution in [3.05, 3.63) is 53.6 Å². The van der Waals surface area contributed by atoms with Gasteiger partial charge in [-0.25, -0.2) is 0 Å². The summed E-state index contributed by atoms with van der Waals surface area (Å²) in [5.41, 5.74) is 1.19. The molecule has 3 rings (SSSR count). The Labute approximate surface area is 146 Å². The van der Waals surface area contributed by atoms with Crippen LogP contribution in [0.1, 0.15) is 22.3 Å². The molecule has 6 nitrogen and oxygen atoms in total. The van der Waals surface area contributed by atoms with Crippen molar-refractivity contribution in [2.75, 3.05) is 20.3 Å². The third kappa shape index (κ3) is 3.83. The number of rotatable bonds is 7. The van der Waals surface area contributed by atoms with Crippen LogP contribution in [0.5, 0.6) is 11.5 Å². The van der Waals surface area contributed by atoms with Crippen LogP contribution < -0.4 is 8.92 Å². The fraction of sp³-hybridized carbons (Fsp3) is 0.278. The summed E-state index contributed by atoms with van der Waals surface area (Å²) in [6.45, 7) is 0.824. The minimum atomic E-state index is -3.99. The van der Waals surface area contributed by atoms with E-state index in [2.05, 4.69) is 0 Å². The quantitative estimate of drug-likeness (QED) is 0.556. The molecule has 0 fully saturated rings. The van der Waals surface area contributed by atoms with Crippen molar-refractivity contribution in [3.63, 3.8) is 0 Å². The van der Waals surface area contributed by atoms with E-state index in [1.54, 1.807) is 37.4 Å². The van der Waals surface area contributed by atoms with Gasteiger partial charge >= 0.3 is 10.1 Å². The van der Waals surface area contributed by atoms with Gasteiger partial charge in [0.25, 0.3) is 0 Å². The largest absolute Gasteiger partial charge is 0.491 e. The first-order valence-electron chi connectivity index (χ1n) is 7.82. The first-order chi connectivity index (χ1) is 12.0. The van der Waals surface area contributed by atoms with Crippen LogP contribution in [0.15, 0.2) is 47.4 Å². The highest BCUT2D eigenvalue weighted by atomic mass is 32.2. The molecule has 0 atom stereocenters. The Hall–Kier alpha value is -2.38. The minimum Gasteiger partial charge on any atom is -0.491 e. The number of fused-ring (bicyclic) bond motifs is 1. The molecule has 0 aromatic heterocycles. The third-order valence-corrected chi connectivity index (χ3v) is 5.15. The van der Waals surface area contributed by atoms with Gasteiger partial charge in [-0.3, -0.25) is 4.79 Å². The summed E-state index contributed by atoms with van der Waals surface area (Å²) < 4.78 is 40.5. The number of methoxy groups -OCH3 is 1. The molecule has 25 heavy (non-hydrogen) atoms. The van der Waals surface area contributed by atoms with Crippen molar-refractivity contribution in [1.82, 2.24) is 0 Å². The number of hydrogen-bond acceptors (Lipinski definition) is 6. The highest BCUT2D eigenvalue weighted by Gasteiger charge is 2.26. The van der Waals surface area contributed by atoms with Crippen LogP contribution in [0.3, 0.4) is 0 Å². The van der Waals surface area contributed by atoms with Crippen LogP contribution in [0.4, 0.5) is 0 Å². The van der Waals surface area contributed by atoms with E-state index in [1.165, 1.54) is 12.1 Å². The lowest BCUT2D eigenvalue weighted by Gasteiger charge is -2.11. The number of carbonyl (C=O) groups excluding carboxylic acids is 1. The fourth-order valence-corrected chi connectivity index (χ4v) is 3.61. The highest BCUT2D eigenvalue weighted by Crippen LogP contribution is 2.32. The van der Waals surface area contributed by atoms with Gasteiger partial charge in [-0.15, -0.1) is 0 Å². The lowest BCUT2D eigenvalue weighted by molar-refractivity contribution is 0.0994. The first kappa shape index (κ1) is 17.4. The molecule has 0 heterocycles. The van der Waals surface area contributed by atoms with Crippen molar-refractivity contribution in [2.45, 2.75) is 17.7 Å². The van der Waals surface area contributed by atoms with Gasteiger partial charge in [0.15, 0.2) is 5.78 Å². The van der Waals surface area contributed by atoms with Crippen LogP contribution >= 0.6 is 0 Å². The molecule has 0 saturated heterocycles. The number of Topliss-reactive ketones (excluding diaryl/α,β-unsaturated/α-hetero) is 1. The van der Waals surface area contributed by atoms with E-state index in [0.29, 0.717) is 42.9 Å². The van der Waals surface area contributed by atoms with Gasteiger partial charge in [-0.1, -0.05) is 12.1 Å². The average Bonchev–Trinajstić information content (AvgIpc) is 2.98. The smallest absolute Gasteiger partial charge is 0.339 e. The fourth-order valence-electron chi connectivity index (χ4n) is 2.65. The molecule has 0 bridgehead atoms. The van der Waals surface area contributed by atoms with E-state index < -0.39 is 10.1 Å². The summed E-state index contributed by atoms with van der Waals surface area (Å²) in [6, 6.07) is 10.8. The van der Waals surface area contributed by atoms with Crippen LogP contribution in [0, 0.1) is 0 Å². The Morgan fingerprint density at radius 1 is 1.00 bits per heavy atom. The zero-order valence-electron chi connectivity index (χ0n) is 13.7. The molecule has 132 valence electrons. The summed E-state index contributed by atoms with van der Waals surface area (Å²) in [5, 5.41) is 0. The topological polar surface area (TPSA) is 78.9 Å². The van der Waals surface area contributed by atoms with E-state index in [1.807, 2.05) is 0 Å². The van der Waals surface area contributed by atoms with Gasteiger partial charge < -0.3 is 13.7 Å². The molecular weight excluding hydrogens is 344 g/mol. The standard InChI is InChI=1S/C18H18O6S/c1-22-11-12-23-13-5-7-14(8-6-13)25(20,21)24-18-4-2-3-15-16(18)9-10-17(15)19/h2-8H,9-12H2,1H3. The molecule has 1 aliphatic carbocycles.